The zero-order valence-corrected chi connectivity index (χ0v) is 18.1. The summed E-state index contributed by atoms with van der Waals surface area (Å²) in [5.74, 6) is 1.35. The Bertz CT molecular complexity index is 617. The molecule has 0 bridgehead atoms. The third-order valence-electron chi connectivity index (χ3n) is 7.39. The lowest BCUT2D eigenvalue weighted by Gasteiger charge is -2.42. The SMILES string of the molecule is C=C1/C(=C\C=C2/CCC[C@]3(C)[C@@H](OCCCC(C)C)CC[C@@H]23)C[C@@H](O)C[C@@H]1O. The highest BCUT2D eigenvalue weighted by atomic mass is 16.5. The van der Waals surface area contributed by atoms with E-state index in [1.807, 2.05) is 0 Å². The van der Waals surface area contributed by atoms with Crippen molar-refractivity contribution in [3.63, 3.8) is 0 Å². The van der Waals surface area contributed by atoms with Crippen molar-refractivity contribution >= 4 is 0 Å². The molecule has 0 aromatic carbocycles. The van der Waals surface area contributed by atoms with Crippen molar-refractivity contribution < 1.29 is 14.9 Å². The van der Waals surface area contributed by atoms with Crippen molar-refractivity contribution in [1.29, 1.82) is 0 Å². The molecule has 0 aromatic rings. The molecular weight excluding hydrogens is 348 g/mol. The fourth-order valence-corrected chi connectivity index (χ4v) is 5.65. The molecular formula is C25H40O3. The van der Waals surface area contributed by atoms with E-state index < -0.39 is 12.2 Å². The van der Waals surface area contributed by atoms with Gasteiger partial charge in [0.05, 0.1) is 18.3 Å². The smallest absolute Gasteiger partial charge is 0.0811 e. The first-order valence-electron chi connectivity index (χ1n) is 11.4. The van der Waals surface area contributed by atoms with Crippen LogP contribution in [0, 0.1) is 17.3 Å². The van der Waals surface area contributed by atoms with Crippen molar-refractivity contribution in [2.45, 2.75) is 96.9 Å². The van der Waals surface area contributed by atoms with Crippen molar-refractivity contribution in [3.8, 4) is 0 Å². The van der Waals surface area contributed by atoms with Crippen molar-refractivity contribution in [1.82, 2.24) is 0 Å². The van der Waals surface area contributed by atoms with Crippen LogP contribution in [0.1, 0.15) is 78.6 Å². The van der Waals surface area contributed by atoms with Crippen LogP contribution in [0.25, 0.3) is 0 Å². The molecule has 3 rings (SSSR count). The monoisotopic (exact) mass is 388 g/mol. The maximum absolute atomic E-state index is 10.1. The van der Waals surface area contributed by atoms with Crippen LogP contribution < -0.4 is 0 Å². The maximum Gasteiger partial charge on any atom is 0.0811 e. The quantitative estimate of drug-likeness (QED) is 0.604. The molecule has 0 saturated heterocycles. The Morgan fingerprint density at radius 1 is 1.25 bits per heavy atom. The molecule has 0 spiro atoms. The molecule has 3 saturated carbocycles. The highest BCUT2D eigenvalue weighted by Gasteiger charge is 2.49. The molecule has 0 heterocycles. The van der Waals surface area contributed by atoms with Gasteiger partial charge in [-0.1, -0.05) is 45.1 Å². The third kappa shape index (κ3) is 4.80. The minimum Gasteiger partial charge on any atom is -0.393 e. The fraction of sp³-hybridized carbons (Fsp3) is 0.760. The van der Waals surface area contributed by atoms with E-state index in [0.717, 1.165) is 36.5 Å². The number of hydrogen-bond acceptors (Lipinski definition) is 3. The third-order valence-corrected chi connectivity index (χ3v) is 7.39. The highest BCUT2D eigenvalue weighted by Crippen LogP contribution is 2.55. The Hall–Kier alpha value is -0.900. The molecule has 2 N–H and O–H groups in total. The van der Waals surface area contributed by atoms with E-state index in [4.69, 9.17) is 4.74 Å². The van der Waals surface area contributed by atoms with E-state index in [9.17, 15) is 10.2 Å². The van der Waals surface area contributed by atoms with Crippen LogP contribution in [-0.2, 0) is 4.74 Å². The summed E-state index contributed by atoms with van der Waals surface area (Å²) in [6.45, 7) is 11.9. The molecule has 28 heavy (non-hydrogen) atoms. The summed E-state index contributed by atoms with van der Waals surface area (Å²) in [4.78, 5) is 0. The maximum atomic E-state index is 10.1. The molecule has 158 valence electrons. The summed E-state index contributed by atoms with van der Waals surface area (Å²) < 4.78 is 6.39. The van der Waals surface area contributed by atoms with E-state index in [0.29, 0.717) is 24.9 Å². The predicted octanol–water partition coefficient (Wildman–Crippen LogP) is 5.33. The standard InChI is InChI=1S/C25H40O3/c1-17(2)7-6-14-28-24-12-11-22-19(8-5-13-25(22,24)4)9-10-20-15-21(26)16-23(27)18(20)3/h9-10,17,21-24,26-27H,3,5-8,11-16H2,1-2,4H3/b19-9+,20-10-/t21-,22+,23+,24+,25+/m1/s1. The van der Waals surface area contributed by atoms with E-state index >= 15 is 0 Å². The fourth-order valence-electron chi connectivity index (χ4n) is 5.65. The van der Waals surface area contributed by atoms with Crippen LogP contribution in [0.5, 0.6) is 0 Å². The predicted molar refractivity (Wildman–Crippen MR) is 115 cm³/mol. The van der Waals surface area contributed by atoms with Crippen LogP contribution in [-0.4, -0.2) is 35.1 Å². The van der Waals surface area contributed by atoms with Crippen LogP contribution in [0.15, 0.2) is 35.5 Å². The number of fused-ring (bicyclic) bond motifs is 1. The molecule has 0 amide bonds. The molecule has 5 atom stereocenters. The van der Waals surface area contributed by atoms with Crippen LogP contribution in [0.3, 0.4) is 0 Å². The molecule has 3 aliphatic rings. The minimum absolute atomic E-state index is 0.253. The van der Waals surface area contributed by atoms with E-state index in [1.165, 1.54) is 37.7 Å². The van der Waals surface area contributed by atoms with Crippen LogP contribution in [0.4, 0.5) is 0 Å². The van der Waals surface area contributed by atoms with Gasteiger partial charge in [0.15, 0.2) is 0 Å². The van der Waals surface area contributed by atoms with E-state index in [-0.39, 0.29) is 5.41 Å². The molecule has 0 radical (unpaired) electrons. The topological polar surface area (TPSA) is 49.7 Å². The first-order chi connectivity index (χ1) is 13.3. The van der Waals surface area contributed by atoms with Gasteiger partial charge in [0.1, 0.15) is 0 Å². The molecule has 3 fully saturated rings. The Balaban J connectivity index is 1.67. The highest BCUT2D eigenvalue weighted by molar-refractivity contribution is 5.38. The van der Waals surface area contributed by atoms with Gasteiger partial charge in [-0.25, -0.2) is 0 Å². The summed E-state index contributed by atoms with van der Waals surface area (Å²) >= 11 is 0. The average Bonchev–Trinajstić information content (AvgIpc) is 2.97. The second-order valence-electron chi connectivity index (χ2n) is 9.95. The lowest BCUT2D eigenvalue weighted by molar-refractivity contribution is -0.0359. The Morgan fingerprint density at radius 3 is 2.79 bits per heavy atom. The second-order valence-corrected chi connectivity index (χ2v) is 9.95. The summed E-state index contributed by atoms with van der Waals surface area (Å²) in [7, 11) is 0. The molecule has 3 aliphatic carbocycles. The lowest BCUT2D eigenvalue weighted by atomic mass is 9.66. The van der Waals surface area contributed by atoms with Gasteiger partial charge in [-0.05, 0) is 74.3 Å². The van der Waals surface area contributed by atoms with Gasteiger partial charge in [0.2, 0.25) is 0 Å². The first kappa shape index (κ1) is 21.8. The Morgan fingerprint density at radius 2 is 2.04 bits per heavy atom. The average molecular weight is 389 g/mol. The largest absolute Gasteiger partial charge is 0.393 e. The van der Waals surface area contributed by atoms with Gasteiger partial charge in [0.25, 0.3) is 0 Å². The van der Waals surface area contributed by atoms with E-state index in [1.54, 1.807) is 0 Å². The van der Waals surface area contributed by atoms with Crippen molar-refractivity contribution in [3.05, 3.63) is 35.5 Å². The van der Waals surface area contributed by atoms with Crippen LogP contribution >= 0.6 is 0 Å². The van der Waals surface area contributed by atoms with Gasteiger partial charge in [-0.3, -0.25) is 0 Å². The van der Waals surface area contributed by atoms with Crippen molar-refractivity contribution in [2.75, 3.05) is 6.61 Å². The van der Waals surface area contributed by atoms with Gasteiger partial charge < -0.3 is 14.9 Å². The summed E-state index contributed by atoms with van der Waals surface area (Å²) in [5, 5.41) is 20.1. The van der Waals surface area contributed by atoms with Gasteiger partial charge in [-0.2, -0.15) is 0 Å². The number of aliphatic hydroxyl groups excluding tert-OH is 2. The zero-order valence-electron chi connectivity index (χ0n) is 18.1. The normalized spacial score (nSPS) is 39.1. The summed E-state index contributed by atoms with van der Waals surface area (Å²) in [6, 6.07) is 0. The molecule has 0 aromatic heterocycles. The summed E-state index contributed by atoms with van der Waals surface area (Å²) in [6.07, 6.45) is 13.1. The Labute approximate surface area is 171 Å². The Kier molecular flexibility index (Phi) is 7.22. The number of hydrogen-bond donors (Lipinski definition) is 2. The van der Waals surface area contributed by atoms with Crippen LogP contribution in [0.2, 0.25) is 0 Å². The minimum atomic E-state index is -0.611. The molecule has 3 nitrogen and oxygen atoms in total. The second kappa shape index (κ2) is 9.28. The number of aliphatic hydroxyl groups is 2. The summed E-state index contributed by atoms with van der Waals surface area (Å²) in [5.41, 5.74) is 3.56. The molecule has 3 heteroatoms. The lowest BCUT2D eigenvalue weighted by Crippen LogP contribution is -2.38. The number of ether oxygens (including phenoxy) is 1. The number of rotatable bonds is 6. The molecule has 0 aliphatic heterocycles. The van der Waals surface area contributed by atoms with Crippen molar-refractivity contribution in [2.24, 2.45) is 17.3 Å². The number of allylic oxidation sites excluding steroid dienone is 3. The van der Waals surface area contributed by atoms with Gasteiger partial charge >= 0.3 is 0 Å². The first-order valence-corrected chi connectivity index (χ1v) is 11.4. The van der Waals surface area contributed by atoms with Gasteiger partial charge in [-0.15, -0.1) is 0 Å². The molecule has 0 unspecified atom stereocenters. The van der Waals surface area contributed by atoms with Gasteiger partial charge in [0, 0.05) is 18.4 Å². The zero-order chi connectivity index (χ0) is 20.3. The van der Waals surface area contributed by atoms with E-state index in [2.05, 4.69) is 39.5 Å².